The third-order valence-electron chi connectivity index (χ3n) is 2.26. The average molecular weight is 311 g/mol. The summed E-state index contributed by atoms with van der Waals surface area (Å²) >= 11 is 4.90. The summed E-state index contributed by atoms with van der Waals surface area (Å²) in [5, 5.41) is 4.86. The molecule has 0 fully saturated rings. The molecule has 0 atom stereocenters. The fraction of sp³-hybridized carbons (Fsp3) is 0.167. The van der Waals surface area contributed by atoms with Gasteiger partial charge in [-0.3, -0.25) is 4.79 Å². The van der Waals surface area contributed by atoms with Crippen LogP contribution in [0.3, 0.4) is 0 Å². The molecule has 0 aliphatic carbocycles. The van der Waals surface area contributed by atoms with Gasteiger partial charge >= 0.3 is 0 Å². The second-order valence-electron chi connectivity index (χ2n) is 3.49. The minimum Gasteiger partial charge on any atom is -0.352 e. The molecular weight excluding hydrogens is 300 g/mol. The third-order valence-corrected chi connectivity index (χ3v) is 3.42. The van der Waals surface area contributed by atoms with Crippen molar-refractivity contribution in [3.63, 3.8) is 0 Å². The van der Waals surface area contributed by atoms with Crippen LogP contribution >= 0.6 is 27.3 Å². The lowest BCUT2D eigenvalue weighted by Crippen LogP contribution is -2.25. The molecule has 0 radical (unpaired) electrons. The van der Waals surface area contributed by atoms with Gasteiger partial charge in [-0.15, -0.1) is 11.3 Å². The van der Waals surface area contributed by atoms with Crippen molar-refractivity contribution in [3.8, 4) is 0 Å². The summed E-state index contributed by atoms with van der Waals surface area (Å²) in [7, 11) is 0. The normalized spacial score (nSPS) is 10.2. The Morgan fingerprint density at radius 3 is 2.76 bits per heavy atom. The van der Waals surface area contributed by atoms with Crippen LogP contribution in [0.15, 0.2) is 39.6 Å². The highest BCUT2D eigenvalue weighted by Gasteiger charge is 2.04. The van der Waals surface area contributed by atoms with Crippen LogP contribution in [0.25, 0.3) is 0 Å². The fourth-order valence-corrected chi connectivity index (χ4v) is 2.23. The summed E-state index contributed by atoms with van der Waals surface area (Å²) in [4.78, 5) is 15.9. The van der Waals surface area contributed by atoms with E-state index in [1.165, 1.54) is 0 Å². The van der Waals surface area contributed by atoms with Gasteiger partial charge in [0, 0.05) is 28.4 Å². The van der Waals surface area contributed by atoms with Crippen LogP contribution in [0.4, 0.5) is 0 Å². The van der Waals surface area contributed by atoms with Crippen LogP contribution in [0.1, 0.15) is 16.1 Å². The predicted octanol–water partition coefficient (Wildman–Crippen LogP) is 2.88. The smallest absolute Gasteiger partial charge is 0.251 e. The van der Waals surface area contributed by atoms with Gasteiger partial charge in [-0.1, -0.05) is 15.9 Å². The Bertz CT molecular complexity index is 482. The number of nitrogens with one attached hydrogen (secondary N) is 1. The van der Waals surface area contributed by atoms with Crippen LogP contribution in [0.2, 0.25) is 0 Å². The quantitative estimate of drug-likeness (QED) is 0.943. The van der Waals surface area contributed by atoms with Crippen molar-refractivity contribution in [1.29, 1.82) is 0 Å². The van der Waals surface area contributed by atoms with Crippen LogP contribution < -0.4 is 5.32 Å². The number of hydrogen-bond donors (Lipinski definition) is 1. The average Bonchev–Trinajstić information content (AvgIpc) is 2.83. The monoisotopic (exact) mass is 310 g/mol. The number of nitrogens with zero attached hydrogens (tertiary/aromatic N) is 1. The number of carbonyl (C=O) groups excluding carboxylic acids is 1. The largest absolute Gasteiger partial charge is 0.352 e. The van der Waals surface area contributed by atoms with Crippen LogP contribution in [-0.2, 0) is 6.42 Å². The van der Waals surface area contributed by atoms with Gasteiger partial charge in [0.15, 0.2) is 0 Å². The van der Waals surface area contributed by atoms with Crippen molar-refractivity contribution < 1.29 is 4.79 Å². The predicted molar refractivity (Wildman–Crippen MR) is 72.3 cm³/mol. The Hall–Kier alpha value is -1.20. The highest BCUT2D eigenvalue weighted by molar-refractivity contribution is 9.10. The van der Waals surface area contributed by atoms with Crippen LogP contribution in [0, 0.1) is 0 Å². The molecular formula is C12H11BrN2OS. The molecule has 0 unspecified atom stereocenters. The van der Waals surface area contributed by atoms with E-state index in [-0.39, 0.29) is 5.91 Å². The summed E-state index contributed by atoms with van der Waals surface area (Å²) in [6.45, 7) is 0.610. The topological polar surface area (TPSA) is 42.0 Å². The van der Waals surface area contributed by atoms with Gasteiger partial charge in [-0.05, 0) is 24.3 Å². The maximum absolute atomic E-state index is 11.7. The summed E-state index contributed by atoms with van der Waals surface area (Å²) in [6.07, 6.45) is 0.770. The van der Waals surface area contributed by atoms with E-state index < -0.39 is 0 Å². The first-order chi connectivity index (χ1) is 8.25. The SMILES string of the molecule is O=C(NCCc1cscn1)c1ccc(Br)cc1. The number of hydrogen-bond acceptors (Lipinski definition) is 3. The molecule has 0 saturated heterocycles. The van der Waals surface area contributed by atoms with Gasteiger partial charge < -0.3 is 5.32 Å². The Morgan fingerprint density at radius 1 is 1.35 bits per heavy atom. The molecule has 1 heterocycles. The molecule has 17 heavy (non-hydrogen) atoms. The molecule has 2 aromatic rings. The third kappa shape index (κ3) is 3.64. The first-order valence-electron chi connectivity index (χ1n) is 5.16. The van der Waals surface area contributed by atoms with E-state index >= 15 is 0 Å². The van der Waals surface area contributed by atoms with E-state index in [0.29, 0.717) is 12.1 Å². The zero-order valence-corrected chi connectivity index (χ0v) is 11.4. The van der Waals surface area contributed by atoms with E-state index in [9.17, 15) is 4.79 Å². The zero-order chi connectivity index (χ0) is 12.1. The van der Waals surface area contributed by atoms with Crippen molar-refractivity contribution in [1.82, 2.24) is 10.3 Å². The molecule has 88 valence electrons. The molecule has 5 heteroatoms. The number of halogens is 1. The number of amides is 1. The Morgan fingerprint density at radius 2 is 2.12 bits per heavy atom. The van der Waals surface area contributed by atoms with Crippen molar-refractivity contribution in [2.45, 2.75) is 6.42 Å². The maximum Gasteiger partial charge on any atom is 0.251 e. The standard InChI is InChI=1S/C12H11BrN2OS/c13-10-3-1-9(2-4-10)12(16)14-6-5-11-7-17-8-15-11/h1-4,7-8H,5-6H2,(H,14,16). The lowest BCUT2D eigenvalue weighted by Gasteiger charge is -2.04. The molecule has 0 bridgehead atoms. The minimum atomic E-state index is -0.0484. The van der Waals surface area contributed by atoms with Gasteiger partial charge in [0.25, 0.3) is 5.91 Å². The molecule has 2 rings (SSSR count). The Labute approximate surface area is 112 Å². The summed E-state index contributed by atoms with van der Waals surface area (Å²) < 4.78 is 0.969. The molecule has 0 saturated carbocycles. The first-order valence-corrected chi connectivity index (χ1v) is 6.90. The number of thiazole rings is 1. The first kappa shape index (κ1) is 12.3. The van der Waals surface area contributed by atoms with Crippen molar-refractivity contribution in [3.05, 3.63) is 50.9 Å². The summed E-state index contributed by atoms with van der Waals surface area (Å²) in [5.74, 6) is -0.0484. The number of carbonyl (C=O) groups is 1. The van der Waals surface area contributed by atoms with Crippen LogP contribution in [0.5, 0.6) is 0 Å². The zero-order valence-electron chi connectivity index (χ0n) is 9.02. The molecule has 1 aromatic heterocycles. The van der Waals surface area contributed by atoms with Crippen LogP contribution in [-0.4, -0.2) is 17.4 Å². The number of benzene rings is 1. The molecule has 0 spiro atoms. The van der Waals surface area contributed by atoms with E-state index in [0.717, 1.165) is 16.6 Å². The molecule has 1 N–H and O–H groups in total. The second-order valence-corrected chi connectivity index (χ2v) is 5.13. The molecule has 3 nitrogen and oxygen atoms in total. The van der Waals surface area contributed by atoms with E-state index in [1.807, 2.05) is 17.5 Å². The van der Waals surface area contributed by atoms with E-state index in [1.54, 1.807) is 29.0 Å². The lowest BCUT2D eigenvalue weighted by molar-refractivity contribution is 0.0954. The van der Waals surface area contributed by atoms with Crippen molar-refractivity contribution >= 4 is 33.2 Å². The summed E-state index contributed by atoms with van der Waals surface area (Å²) in [6, 6.07) is 7.30. The Kier molecular flexibility index (Phi) is 4.28. The van der Waals surface area contributed by atoms with Gasteiger partial charge in [0.2, 0.25) is 0 Å². The van der Waals surface area contributed by atoms with Gasteiger partial charge in [0.1, 0.15) is 0 Å². The van der Waals surface area contributed by atoms with Gasteiger partial charge in [0.05, 0.1) is 11.2 Å². The summed E-state index contributed by atoms with van der Waals surface area (Å²) in [5.41, 5.74) is 3.49. The Balaban J connectivity index is 1.83. The van der Waals surface area contributed by atoms with E-state index in [4.69, 9.17) is 0 Å². The highest BCUT2D eigenvalue weighted by Crippen LogP contribution is 2.10. The molecule has 1 amide bonds. The minimum absolute atomic E-state index is 0.0484. The molecule has 1 aromatic carbocycles. The number of aromatic nitrogens is 1. The lowest BCUT2D eigenvalue weighted by atomic mass is 10.2. The molecule has 0 aliphatic heterocycles. The van der Waals surface area contributed by atoms with E-state index in [2.05, 4.69) is 26.2 Å². The molecule has 0 aliphatic rings. The van der Waals surface area contributed by atoms with Crippen molar-refractivity contribution in [2.75, 3.05) is 6.54 Å². The van der Waals surface area contributed by atoms with Gasteiger partial charge in [-0.25, -0.2) is 4.98 Å². The van der Waals surface area contributed by atoms with Gasteiger partial charge in [-0.2, -0.15) is 0 Å². The fourth-order valence-electron chi connectivity index (χ4n) is 1.37. The maximum atomic E-state index is 11.7. The number of rotatable bonds is 4. The van der Waals surface area contributed by atoms with Crippen molar-refractivity contribution in [2.24, 2.45) is 0 Å². The second kappa shape index (κ2) is 5.93. The highest BCUT2D eigenvalue weighted by atomic mass is 79.9.